The van der Waals surface area contributed by atoms with Crippen LogP contribution in [0.3, 0.4) is 0 Å². The van der Waals surface area contributed by atoms with Crippen molar-refractivity contribution < 1.29 is 14.1 Å². The van der Waals surface area contributed by atoms with Crippen LogP contribution in [0, 0.1) is 20.2 Å². The molecule has 0 bridgehead atoms. The van der Waals surface area contributed by atoms with Gasteiger partial charge >= 0.3 is 0 Å². The first-order chi connectivity index (χ1) is 9.91. The van der Waals surface area contributed by atoms with Crippen LogP contribution in [0.5, 0.6) is 0 Å². The van der Waals surface area contributed by atoms with Crippen molar-refractivity contribution in [1.29, 1.82) is 0 Å². The Bertz CT molecular complexity index is 609. The highest BCUT2D eigenvalue weighted by molar-refractivity contribution is 7.86. The Balaban J connectivity index is 2.40. The summed E-state index contributed by atoms with van der Waals surface area (Å²) in [5.74, 6) is 0. The first-order valence-electron chi connectivity index (χ1n) is 6.39. The van der Waals surface area contributed by atoms with Gasteiger partial charge in [0, 0.05) is 11.4 Å². The lowest BCUT2D eigenvalue weighted by Gasteiger charge is -2.26. The lowest BCUT2D eigenvalue weighted by molar-refractivity contribution is -0.396. The van der Waals surface area contributed by atoms with Crippen molar-refractivity contribution in [2.24, 2.45) is 0 Å². The van der Waals surface area contributed by atoms with E-state index in [1.165, 1.54) is 6.07 Å². The van der Waals surface area contributed by atoms with E-state index in [-0.39, 0.29) is 15.5 Å². The summed E-state index contributed by atoms with van der Waals surface area (Å²) in [7, 11) is -1.65. The van der Waals surface area contributed by atoms with Gasteiger partial charge in [0.25, 0.3) is 11.4 Å². The SMILES string of the molecule is O=[N+]([O-])c1ccc([S@@](=O)[C@H]2CCCC[C@@H]2Cl)c([N+](=O)[O-])c1. The Labute approximate surface area is 128 Å². The highest BCUT2D eigenvalue weighted by atomic mass is 35.5. The number of non-ortho nitro benzene ring substituents is 1. The van der Waals surface area contributed by atoms with Crippen LogP contribution in [-0.2, 0) is 10.8 Å². The zero-order valence-corrected chi connectivity index (χ0v) is 12.5. The van der Waals surface area contributed by atoms with Gasteiger partial charge < -0.3 is 0 Å². The minimum Gasteiger partial charge on any atom is -0.258 e. The average molecular weight is 333 g/mol. The fraction of sp³-hybridized carbons (Fsp3) is 0.500. The van der Waals surface area contributed by atoms with Crippen molar-refractivity contribution in [3.8, 4) is 0 Å². The third-order valence-corrected chi connectivity index (χ3v) is 6.03. The van der Waals surface area contributed by atoms with Gasteiger partial charge in [-0.25, -0.2) is 0 Å². The number of nitrogens with zero attached hydrogens (tertiary/aromatic N) is 2. The molecule has 0 unspecified atom stereocenters. The Morgan fingerprint density at radius 3 is 2.38 bits per heavy atom. The Morgan fingerprint density at radius 1 is 1.14 bits per heavy atom. The van der Waals surface area contributed by atoms with Crippen LogP contribution in [0.15, 0.2) is 23.1 Å². The topological polar surface area (TPSA) is 103 Å². The minimum atomic E-state index is -1.65. The average Bonchev–Trinajstić information content (AvgIpc) is 2.46. The Hall–Kier alpha value is -1.54. The van der Waals surface area contributed by atoms with Crippen molar-refractivity contribution in [2.75, 3.05) is 0 Å². The quantitative estimate of drug-likeness (QED) is 0.478. The summed E-state index contributed by atoms with van der Waals surface area (Å²) >= 11 is 6.17. The van der Waals surface area contributed by atoms with Gasteiger partial charge in [-0.05, 0) is 18.9 Å². The molecule has 0 spiro atoms. The molecule has 3 atom stereocenters. The molecule has 1 aliphatic carbocycles. The normalized spacial score (nSPS) is 23.5. The molecule has 2 rings (SSSR count). The molecule has 0 aromatic heterocycles. The van der Waals surface area contributed by atoms with Gasteiger partial charge in [-0.2, -0.15) is 0 Å². The Morgan fingerprint density at radius 2 is 1.81 bits per heavy atom. The summed E-state index contributed by atoms with van der Waals surface area (Å²) in [4.78, 5) is 20.3. The summed E-state index contributed by atoms with van der Waals surface area (Å²) in [6.45, 7) is 0. The smallest absolute Gasteiger partial charge is 0.258 e. The van der Waals surface area contributed by atoms with Crippen LogP contribution in [0.4, 0.5) is 11.4 Å². The van der Waals surface area contributed by atoms with E-state index in [0.29, 0.717) is 6.42 Å². The van der Waals surface area contributed by atoms with Gasteiger partial charge in [-0.3, -0.25) is 24.4 Å². The van der Waals surface area contributed by atoms with E-state index in [0.717, 1.165) is 31.4 Å². The molecule has 7 nitrogen and oxygen atoms in total. The molecule has 0 aliphatic heterocycles. The van der Waals surface area contributed by atoms with Crippen LogP contribution in [0.1, 0.15) is 25.7 Å². The number of nitro groups is 2. The maximum Gasteiger partial charge on any atom is 0.292 e. The van der Waals surface area contributed by atoms with E-state index < -0.39 is 32.0 Å². The molecular formula is C12H13ClN2O5S. The van der Waals surface area contributed by atoms with Crippen molar-refractivity contribution in [1.82, 2.24) is 0 Å². The first-order valence-corrected chi connectivity index (χ1v) is 8.04. The monoisotopic (exact) mass is 332 g/mol. The lowest BCUT2D eigenvalue weighted by Crippen LogP contribution is -2.30. The van der Waals surface area contributed by atoms with Crippen molar-refractivity contribution in [3.05, 3.63) is 38.4 Å². The summed E-state index contributed by atoms with van der Waals surface area (Å²) in [5, 5.41) is 21.1. The standard InChI is InChI=1S/C12H13ClN2O5S/c13-9-3-1-2-4-11(9)21(20)12-6-5-8(14(16)17)7-10(12)15(18)19/h5-7,9,11H,1-4H2/t9-,11-,21-/m0/s1. The van der Waals surface area contributed by atoms with Crippen LogP contribution in [-0.4, -0.2) is 24.7 Å². The van der Waals surface area contributed by atoms with Gasteiger partial charge in [0.2, 0.25) is 0 Å². The number of rotatable bonds is 4. The van der Waals surface area contributed by atoms with Crippen molar-refractivity contribution in [2.45, 2.75) is 41.2 Å². The van der Waals surface area contributed by atoms with E-state index in [2.05, 4.69) is 0 Å². The number of alkyl halides is 1. The van der Waals surface area contributed by atoms with E-state index in [1.807, 2.05) is 0 Å². The second-order valence-corrected chi connectivity index (χ2v) is 7.00. The largest absolute Gasteiger partial charge is 0.292 e. The predicted octanol–water partition coefficient (Wildman–Crippen LogP) is 3.16. The van der Waals surface area contributed by atoms with E-state index >= 15 is 0 Å². The molecule has 1 saturated carbocycles. The predicted molar refractivity (Wildman–Crippen MR) is 78.1 cm³/mol. The van der Waals surface area contributed by atoms with Gasteiger partial charge in [0.15, 0.2) is 0 Å². The van der Waals surface area contributed by atoms with Gasteiger partial charge in [0.05, 0.1) is 32.0 Å². The first kappa shape index (κ1) is 15.8. The molecule has 1 aliphatic rings. The Kier molecular flexibility index (Phi) is 4.89. The van der Waals surface area contributed by atoms with E-state index in [9.17, 15) is 24.4 Å². The van der Waals surface area contributed by atoms with Crippen LogP contribution in [0.25, 0.3) is 0 Å². The third-order valence-electron chi connectivity index (χ3n) is 3.46. The minimum absolute atomic E-state index is 0.00292. The highest BCUT2D eigenvalue weighted by Crippen LogP contribution is 2.34. The molecule has 21 heavy (non-hydrogen) atoms. The molecule has 1 aromatic carbocycles. The second kappa shape index (κ2) is 6.48. The summed E-state index contributed by atoms with van der Waals surface area (Å²) < 4.78 is 12.6. The summed E-state index contributed by atoms with van der Waals surface area (Å²) in [6, 6.07) is 3.18. The zero-order valence-electron chi connectivity index (χ0n) is 10.9. The molecule has 114 valence electrons. The van der Waals surface area contributed by atoms with Gasteiger partial charge in [-0.1, -0.05) is 12.8 Å². The van der Waals surface area contributed by atoms with E-state index in [1.54, 1.807) is 0 Å². The molecular weight excluding hydrogens is 320 g/mol. The van der Waals surface area contributed by atoms with Gasteiger partial charge in [0.1, 0.15) is 4.90 Å². The molecule has 1 fully saturated rings. The fourth-order valence-electron chi connectivity index (χ4n) is 2.39. The van der Waals surface area contributed by atoms with Crippen LogP contribution in [0.2, 0.25) is 0 Å². The van der Waals surface area contributed by atoms with Crippen molar-refractivity contribution in [3.63, 3.8) is 0 Å². The number of hydrogen-bond acceptors (Lipinski definition) is 5. The zero-order chi connectivity index (χ0) is 15.6. The molecule has 9 heteroatoms. The summed E-state index contributed by atoms with van der Waals surface area (Å²) in [6.07, 6.45) is 3.18. The number of hydrogen-bond donors (Lipinski definition) is 0. The van der Waals surface area contributed by atoms with Crippen LogP contribution < -0.4 is 0 Å². The third kappa shape index (κ3) is 3.38. The molecule has 0 saturated heterocycles. The molecule has 0 amide bonds. The molecule has 0 radical (unpaired) electrons. The molecule has 0 N–H and O–H groups in total. The van der Waals surface area contributed by atoms with E-state index in [4.69, 9.17) is 11.6 Å². The summed E-state index contributed by atoms with van der Waals surface area (Å²) in [5.41, 5.74) is -0.884. The number of halogens is 1. The van der Waals surface area contributed by atoms with Crippen LogP contribution >= 0.6 is 11.6 Å². The maximum atomic E-state index is 12.6. The van der Waals surface area contributed by atoms with Gasteiger partial charge in [-0.15, -0.1) is 11.6 Å². The number of nitro benzene ring substituents is 2. The fourth-order valence-corrected chi connectivity index (χ4v) is 4.60. The highest BCUT2D eigenvalue weighted by Gasteiger charge is 2.33. The molecule has 1 aromatic rings. The number of benzene rings is 1. The lowest BCUT2D eigenvalue weighted by atomic mass is 10.00. The van der Waals surface area contributed by atoms with Crippen molar-refractivity contribution >= 4 is 33.8 Å². The maximum absolute atomic E-state index is 12.6. The molecule has 0 heterocycles. The second-order valence-electron chi connectivity index (χ2n) is 4.80.